The monoisotopic (exact) mass is 582 g/mol. The van der Waals surface area contributed by atoms with Gasteiger partial charge in [-0.25, -0.2) is 4.39 Å². The van der Waals surface area contributed by atoms with Gasteiger partial charge in [-0.05, 0) is 12.1 Å². The number of phenols is 2. The number of hydrogen-bond acceptors (Lipinski definition) is 11. The molecule has 4 rings (SSSR count). The summed E-state index contributed by atoms with van der Waals surface area (Å²) in [6, 6.07) is 5.31. The lowest BCUT2D eigenvalue weighted by Crippen LogP contribution is -2.79. The number of anilines is 1. The second-order valence-corrected chi connectivity index (χ2v) is 10.1. The molecule has 16 heteroatoms. The lowest BCUT2D eigenvalue weighted by atomic mass is 9.54. The number of nitrogens with zero attached hydrogens (tertiary/aromatic N) is 2. The molecule has 4 radical (unpaired) electrons. The SMILES string of the molecule is [B]C(O)(C=O)C([B])(O)C(O)(C(=O)NC)N1Cc2c(NCc3c(O)cc(O)c(CN4CCOCC4)c3F)cccc2C1=O. The van der Waals surface area contributed by atoms with E-state index in [4.69, 9.17) is 20.4 Å². The summed E-state index contributed by atoms with van der Waals surface area (Å²) in [5.41, 5.74) is -10.3. The molecule has 2 aromatic carbocycles. The number of aliphatic hydroxyl groups is 3. The average Bonchev–Trinajstić information content (AvgIpc) is 3.31. The molecule has 3 unspecified atom stereocenters. The number of carbonyl (C=O) groups excluding carboxylic acids is 3. The summed E-state index contributed by atoms with van der Waals surface area (Å²) in [5.74, 6) is -4.25. The van der Waals surface area contributed by atoms with Crippen molar-refractivity contribution in [1.82, 2.24) is 15.1 Å². The van der Waals surface area contributed by atoms with Crippen LogP contribution >= 0.6 is 0 Å². The fraction of sp³-hybridized carbons (Fsp3) is 0.423. The number of phenolic OH excluding ortho intramolecular Hbond substituents is 2. The number of ether oxygens (including phenoxy) is 1. The minimum absolute atomic E-state index is 0.0199. The van der Waals surface area contributed by atoms with E-state index in [1.807, 2.05) is 10.2 Å². The van der Waals surface area contributed by atoms with Crippen molar-refractivity contribution in [2.45, 2.75) is 36.4 Å². The van der Waals surface area contributed by atoms with Gasteiger partial charge in [0.1, 0.15) is 50.3 Å². The number of halogens is 1. The fourth-order valence-corrected chi connectivity index (χ4v) is 5.00. The molecule has 2 aromatic rings. The van der Waals surface area contributed by atoms with Crippen molar-refractivity contribution in [2.75, 3.05) is 38.7 Å². The highest BCUT2D eigenvalue weighted by Gasteiger charge is 2.65. The first-order chi connectivity index (χ1) is 19.7. The first-order valence-electron chi connectivity index (χ1n) is 12.8. The summed E-state index contributed by atoms with van der Waals surface area (Å²) < 4.78 is 20.8. The summed E-state index contributed by atoms with van der Waals surface area (Å²) in [4.78, 5) is 39.9. The Morgan fingerprint density at radius 2 is 1.79 bits per heavy atom. The van der Waals surface area contributed by atoms with E-state index in [0.717, 1.165) is 13.1 Å². The van der Waals surface area contributed by atoms with Gasteiger partial charge >= 0.3 is 0 Å². The van der Waals surface area contributed by atoms with E-state index in [-0.39, 0.29) is 41.0 Å². The number of aromatic hydroxyl groups is 2. The van der Waals surface area contributed by atoms with Gasteiger partial charge in [-0.3, -0.25) is 19.4 Å². The van der Waals surface area contributed by atoms with Crippen LogP contribution in [-0.2, 0) is 34.0 Å². The number of likely N-dealkylation sites (N-methyl/N-ethyl adjacent to an activating group) is 1. The van der Waals surface area contributed by atoms with E-state index in [1.165, 1.54) is 18.2 Å². The predicted molar refractivity (Wildman–Crippen MR) is 146 cm³/mol. The lowest BCUT2D eigenvalue weighted by molar-refractivity contribution is -0.219. The zero-order valence-electron chi connectivity index (χ0n) is 22.6. The maximum Gasteiger partial charge on any atom is 0.275 e. The van der Waals surface area contributed by atoms with E-state index in [0.29, 0.717) is 31.2 Å². The number of benzene rings is 2. The summed E-state index contributed by atoms with van der Waals surface area (Å²) in [7, 11) is 12.1. The Morgan fingerprint density at radius 1 is 1.14 bits per heavy atom. The Labute approximate surface area is 242 Å². The number of amides is 2. The minimum atomic E-state index is -3.59. The minimum Gasteiger partial charge on any atom is -0.507 e. The lowest BCUT2D eigenvalue weighted by Gasteiger charge is -2.50. The van der Waals surface area contributed by atoms with Crippen LogP contribution in [0.2, 0.25) is 0 Å². The van der Waals surface area contributed by atoms with E-state index < -0.39 is 58.7 Å². The number of hydrogen-bond donors (Lipinski definition) is 7. The van der Waals surface area contributed by atoms with Gasteiger partial charge in [0.25, 0.3) is 11.8 Å². The molecule has 2 heterocycles. The molecule has 0 spiro atoms. The third-order valence-corrected chi connectivity index (χ3v) is 7.59. The molecule has 42 heavy (non-hydrogen) atoms. The van der Waals surface area contributed by atoms with Gasteiger partial charge in [-0.15, -0.1) is 0 Å². The molecule has 7 N–H and O–H groups in total. The van der Waals surface area contributed by atoms with Gasteiger partial charge in [-0.1, -0.05) is 6.07 Å². The number of carbonyl (C=O) groups is 3. The number of morpholine rings is 1. The summed E-state index contributed by atoms with van der Waals surface area (Å²) in [6.07, 6.45) is -0.395. The van der Waals surface area contributed by atoms with Gasteiger partial charge in [0, 0.05) is 67.2 Å². The number of fused-ring (bicyclic) bond motifs is 1. The highest BCUT2D eigenvalue weighted by atomic mass is 19.1. The molecule has 3 atom stereocenters. The first kappa shape index (κ1) is 31.3. The number of nitrogens with one attached hydrogen (secondary N) is 2. The highest BCUT2D eigenvalue weighted by Crippen LogP contribution is 2.40. The van der Waals surface area contributed by atoms with Crippen molar-refractivity contribution in [3.63, 3.8) is 0 Å². The third-order valence-electron chi connectivity index (χ3n) is 7.59. The second kappa shape index (κ2) is 11.5. The highest BCUT2D eigenvalue weighted by molar-refractivity contribution is 6.33. The molecule has 1 fully saturated rings. The van der Waals surface area contributed by atoms with Gasteiger partial charge in [0.2, 0.25) is 5.72 Å². The quantitative estimate of drug-likeness (QED) is 0.121. The topological polar surface area (TPSA) is 192 Å². The molecule has 0 saturated carbocycles. The van der Waals surface area contributed by atoms with Crippen molar-refractivity contribution in [2.24, 2.45) is 0 Å². The van der Waals surface area contributed by atoms with Crippen LogP contribution in [0.15, 0.2) is 24.3 Å². The van der Waals surface area contributed by atoms with Crippen LogP contribution in [0.3, 0.4) is 0 Å². The summed E-state index contributed by atoms with van der Waals surface area (Å²) in [5, 5.41) is 58.1. The molecule has 13 nitrogen and oxygen atoms in total. The van der Waals surface area contributed by atoms with E-state index >= 15 is 4.39 Å². The molecule has 2 aliphatic rings. The third kappa shape index (κ3) is 5.09. The van der Waals surface area contributed by atoms with Crippen LogP contribution in [0.5, 0.6) is 11.5 Å². The maximum atomic E-state index is 15.5. The largest absolute Gasteiger partial charge is 0.507 e. The molecule has 0 aliphatic carbocycles. The standard InChI is InChI=1S/C26H29B2FN4O9/c1-30-23(38)25(40,26(28,41)24(27,39)13-34)33-12-16-14(22(33)37)3-2-4-18(16)31-10-15-19(35)9-20(36)17(21(15)29)11-32-5-7-42-8-6-32/h2-4,9,13,31,35-36,39-41H,5-8,10-12H2,1H3,(H,30,38). The smallest absolute Gasteiger partial charge is 0.275 e. The van der Waals surface area contributed by atoms with Gasteiger partial charge < -0.3 is 45.7 Å². The molecule has 1 saturated heterocycles. The van der Waals surface area contributed by atoms with Crippen LogP contribution in [0.1, 0.15) is 27.0 Å². The molecule has 2 aliphatic heterocycles. The molecule has 220 valence electrons. The average molecular weight is 582 g/mol. The van der Waals surface area contributed by atoms with Crippen molar-refractivity contribution >= 4 is 39.5 Å². The van der Waals surface area contributed by atoms with Crippen LogP contribution in [0.25, 0.3) is 0 Å². The van der Waals surface area contributed by atoms with Crippen molar-refractivity contribution in [3.8, 4) is 11.5 Å². The number of rotatable bonds is 10. The summed E-state index contributed by atoms with van der Waals surface area (Å²) in [6.45, 7) is 1.16. The molecular formula is C26H29B2FN4O9. The summed E-state index contributed by atoms with van der Waals surface area (Å²) >= 11 is 0. The van der Waals surface area contributed by atoms with Gasteiger partial charge in [-0.2, -0.15) is 0 Å². The van der Waals surface area contributed by atoms with E-state index in [1.54, 1.807) is 0 Å². The Morgan fingerprint density at radius 3 is 2.40 bits per heavy atom. The van der Waals surface area contributed by atoms with Crippen LogP contribution in [0.4, 0.5) is 10.1 Å². The molecule has 0 bridgehead atoms. The first-order valence-corrected chi connectivity index (χ1v) is 12.8. The fourth-order valence-electron chi connectivity index (χ4n) is 5.00. The zero-order chi connectivity index (χ0) is 31.0. The Bertz CT molecular complexity index is 1400. The second-order valence-electron chi connectivity index (χ2n) is 10.1. The van der Waals surface area contributed by atoms with Crippen LogP contribution < -0.4 is 10.6 Å². The van der Waals surface area contributed by atoms with Crippen LogP contribution in [-0.4, -0.2) is 119 Å². The van der Waals surface area contributed by atoms with E-state index in [9.17, 15) is 39.9 Å². The predicted octanol–water partition coefficient (Wildman–Crippen LogP) is -2.02. The molecule has 0 aromatic heterocycles. The zero-order valence-corrected chi connectivity index (χ0v) is 22.6. The number of aldehydes is 1. The van der Waals surface area contributed by atoms with Crippen LogP contribution in [0, 0.1) is 5.82 Å². The van der Waals surface area contributed by atoms with Crippen molar-refractivity contribution in [1.29, 1.82) is 0 Å². The Hall–Kier alpha value is -3.69. The normalized spacial score (nSPS) is 19.7. The van der Waals surface area contributed by atoms with Gasteiger partial charge in [0.15, 0.2) is 0 Å². The van der Waals surface area contributed by atoms with Crippen molar-refractivity contribution in [3.05, 3.63) is 52.3 Å². The maximum absolute atomic E-state index is 15.5. The molecular weight excluding hydrogens is 553 g/mol. The van der Waals surface area contributed by atoms with Crippen molar-refractivity contribution < 1.29 is 49.0 Å². The van der Waals surface area contributed by atoms with Gasteiger partial charge in [0.05, 0.1) is 19.8 Å². The Balaban J connectivity index is 1.65. The van der Waals surface area contributed by atoms with E-state index in [2.05, 4.69) is 5.32 Å². The molecule has 2 amide bonds. The Kier molecular flexibility index (Phi) is 8.58.